The van der Waals surface area contributed by atoms with Gasteiger partial charge in [-0.1, -0.05) is 18.5 Å². The molecule has 0 unspecified atom stereocenters. The van der Waals surface area contributed by atoms with Gasteiger partial charge in [-0.25, -0.2) is 9.97 Å². The van der Waals surface area contributed by atoms with Gasteiger partial charge in [0.25, 0.3) is 5.91 Å². The van der Waals surface area contributed by atoms with Gasteiger partial charge in [0.05, 0.1) is 22.3 Å². The topological polar surface area (TPSA) is 91.1 Å². The maximum absolute atomic E-state index is 12.6. The quantitative estimate of drug-likeness (QED) is 0.723. The number of nitrogens with one attached hydrogen (secondary N) is 1. The van der Waals surface area contributed by atoms with E-state index in [9.17, 15) is 4.79 Å². The Kier molecular flexibility index (Phi) is 7.11. The third kappa shape index (κ3) is 5.49. The molecule has 1 saturated heterocycles. The van der Waals surface area contributed by atoms with Crippen molar-refractivity contribution < 1.29 is 9.53 Å². The zero-order valence-corrected chi connectivity index (χ0v) is 19.0. The fraction of sp³-hybridized carbons (Fsp3) is 0.500. The van der Waals surface area contributed by atoms with E-state index in [4.69, 9.17) is 21.6 Å². The molecule has 0 bridgehead atoms. The van der Waals surface area contributed by atoms with Crippen molar-refractivity contribution >= 4 is 23.5 Å². The molecule has 4 rings (SSSR count). The van der Waals surface area contributed by atoms with E-state index in [1.807, 2.05) is 6.07 Å². The molecule has 1 N–H and O–H groups in total. The van der Waals surface area contributed by atoms with Crippen molar-refractivity contribution in [2.45, 2.75) is 57.6 Å². The Labute approximate surface area is 193 Å². The van der Waals surface area contributed by atoms with Crippen LogP contribution in [0.4, 0.5) is 5.95 Å². The second-order valence-electron chi connectivity index (χ2n) is 8.76. The number of nitriles is 1. The minimum Gasteiger partial charge on any atom is -0.490 e. The Morgan fingerprint density at radius 2 is 1.84 bits per heavy atom. The number of piperidine rings is 1. The van der Waals surface area contributed by atoms with Crippen LogP contribution >= 0.6 is 11.6 Å². The van der Waals surface area contributed by atoms with Crippen molar-refractivity contribution in [2.75, 3.05) is 18.0 Å². The summed E-state index contributed by atoms with van der Waals surface area (Å²) in [7, 11) is 0. The lowest BCUT2D eigenvalue weighted by atomic mass is 9.92. The number of halogens is 1. The molecule has 1 aliphatic heterocycles. The summed E-state index contributed by atoms with van der Waals surface area (Å²) in [6.45, 7) is 4.20. The third-order valence-corrected chi connectivity index (χ3v) is 6.65. The van der Waals surface area contributed by atoms with Crippen LogP contribution in [0.25, 0.3) is 0 Å². The van der Waals surface area contributed by atoms with Crippen molar-refractivity contribution in [1.82, 2.24) is 15.3 Å². The highest BCUT2D eigenvalue weighted by molar-refractivity contribution is 6.31. The lowest BCUT2D eigenvalue weighted by Gasteiger charge is -2.30. The molecule has 32 heavy (non-hydrogen) atoms. The van der Waals surface area contributed by atoms with Crippen LogP contribution < -0.4 is 15.0 Å². The number of benzene rings is 1. The summed E-state index contributed by atoms with van der Waals surface area (Å²) in [5, 5.41) is 12.5. The molecule has 1 aromatic carbocycles. The number of hydrogen-bond donors (Lipinski definition) is 1. The highest BCUT2D eigenvalue weighted by atomic mass is 35.5. The minimum atomic E-state index is -0.132. The Morgan fingerprint density at radius 3 is 2.47 bits per heavy atom. The van der Waals surface area contributed by atoms with Gasteiger partial charge in [-0.2, -0.15) is 5.26 Å². The number of anilines is 1. The molecule has 0 atom stereocenters. The summed E-state index contributed by atoms with van der Waals surface area (Å²) in [5.41, 5.74) is 0.928. The summed E-state index contributed by atoms with van der Waals surface area (Å²) in [6.07, 6.45) is 8.97. The first-order valence-corrected chi connectivity index (χ1v) is 11.6. The number of hydrogen-bond acceptors (Lipinski definition) is 6. The van der Waals surface area contributed by atoms with Crippen LogP contribution in [0.15, 0.2) is 30.6 Å². The van der Waals surface area contributed by atoms with Crippen LogP contribution in [0.3, 0.4) is 0 Å². The molecule has 2 heterocycles. The van der Waals surface area contributed by atoms with Crippen LogP contribution in [0.2, 0.25) is 5.02 Å². The number of carbonyl (C=O) groups excluding carboxylic acids is 1. The van der Waals surface area contributed by atoms with Gasteiger partial charge in [-0.3, -0.25) is 4.79 Å². The van der Waals surface area contributed by atoms with Crippen molar-refractivity contribution in [3.05, 3.63) is 46.7 Å². The summed E-state index contributed by atoms with van der Waals surface area (Å²) < 4.78 is 6.02. The molecule has 8 heteroatoms. The molecule has 2 aliphatic rings. The largest absolute Gasteiger partial charge is 0.490 e. The molecular weight excluding hydrogens is 426 g/mol. The summed E-state index contributed by atoms with van der Waals surface area (Å²) in [5.74, 6) is 1.99. The first-order chi connectivity index (χ1) is 15.5. The van der Waals surface area contributed by atoms with E-state index in [-0.39, 0.29) is 18.1 Å². The smallest absolute Gasteiger partial charge is 0.254 e. The molecule has 2 aromatic rings. The van der Waals surface area contributed by atoms with E-state index in [1.54, 1.807) is 30.6 Å². The van der Waals surface area contributed by atoms with E-state index in [0.717, 1.165) is 57.5 Å². The molecule has 0 spiro atoms. The van der Waals surface area contributed by atoms with E-state index in [0.29, 0.717) is 27.8 Å². The minimum absolute atomic E-state index is 0.0713. The van der Waals surface area contributed by atoms with Crippen LogP contribution in [0.1, 0.15) is 61.4 Å². The van der Waals surface area contributed by atoms with E-state index in [1.165, 1.54) is 0 Å². The van der Waals surface area contributed by atoms with Gasteiger partial charge in [0.1, 0.15) is 11.8 Å². The Bertz CT molecular complexity index is 975. The second kappa shape index (κ2) is 10.2. The Balaban J connectivity index is 1.24. The molecule has 1 aliphatic carbocycles. The standard InChI is InChI=1S/C24H28ClN5O2/c1-16-8-10-30(11-9-16)24-27-14-18(15-28-24)23(31)29-19-3-6-20(7-4-19)32-21-5-2-17(13-26)22(25)12-21/h2,5,12,14-16,19-20H,3-4,6-11H2,1H3,(H,29,31)/t19-,20-. The van der Waals surface area contributed by atoms with Crippen molar-refractivity contribution in [3.8, 4) is 11.8 Å². The highest BCUT2D eigenvalue weighted by Gasteiger charge is 2.25. The van der Waals surface area contributed by atoms with E-state index >= 15 is 0 Å². The Hall–Kier alpha value is -2.85. The highest BCUT2D eigenvalue weighted by Crippen LogP contribution is 2.27. The van der Waals surface area contributed by atoms with Gasteiger partial charge in [0.15, 0.2) is 0 Å². The first kappa shape index (κ1) is 22.3. The zero-order valence-electron chi connectivity index (χ0n) is 18.3. The van der Waals surface area contributed by atoms with Gasteiger partial charge in [-0.05, 0) is 56.6 Å². The number of rotatable bonds is 5. The first-order valence-electron chi connectivity index (χ1n) is 11.3. The number of nitrogens with zero attached hydrogens (tertiary/aromatic N) is 4. The SMILES string of the molecule is CC1CCN(c2ncc(C(=O)N[C@H]3CC[C@H](Oc4ccc(C#N)c(Cl)c4)CC3)cn2)CC1. The van der Waals surface area contributed by atoms with E-state index in [2.05, 4.69) is 27.1 Å². The fourth-order valence-electron chi connectivity index (χ4n) is 4.26. The molecule has 1 saturated carbocycles. The van der Waals surface area contributed by atoms with Crippen molar-refractivity contribution in [3.63, 3.8) is 0 Å². The number of ether oxygens (including phenoxy) is 1. The molecule has 168 valence electrons. The number of carbonyl (C=O) groups is 1. The molecule has 0 radical (unpaired) electrons. The lowest BCUT2D eigenvalue weighted by molar-refractivity contribution is 0.0893. The third-order valence-electron chi connectivity index (χ3n) is 6.34. The fourth-order valence-corrected chi connectivity index (χ4v) is 4.47. The van der Waals surface area contributed by atoms with Gasteiger partial charge in [-0.15, -0.1) is 0 Å². The van der Waals surface area contributed by atoms with E-state index < -0.39 is 0 Å². The Morgan fingerprint density at radius 1 is 1.16 bits per heavy atom. The maximum atomic E-state index is 12.6. The number of aromatic nitrogens is 2. The van der Waals surface area contributed by atoms with Crippen molar-refractivity contribution in [1.29, 1.82) is 5.26 Å². The predicted octanol–water partition coefficient (Wildman–Crippen LogP) is 4.36. The normalized spacial score (nSPS) is 21.6. The predicted molar refractivity (Wildman–Crippen MR) is 123 cm³/mol. The molecule has 1 aromatic heterocycles. The zero-order chi connectivity index (χ0) is 22.5. The van der Waals surface area contributed by atoms with Crippen LogP contribution in [0, 0.1) is 17.2 Å². The molecular formula is C24H28ClN5O2. The van der Waals surface area contributed by atoms with Crippen LogP contribution in [0.5, 0.6) is 5.75 Å². The average Bonchev–Trinajstić information content (AvgIpc) is 2.81. The maximum Gasteiger partial charge on any atom is 0.254 e. The van der Waals surface area contributed by atoms with Crippen molar-refractivity contribution in [2.24, 2.45) is 5.92 Å². The van der Waals surface area contributed by atoms with Crippen LogP contribution in [-0.4, -0.2) is 41.1 Å². The molecule has 7 nitrogen and oxygen atoms in total. The van der Waals surface area contributed by atoms with Crippen LogP contribution in [-0.2, 0) is 0 Å². The summed E-state index contributed by atoms with van der Waals surface area (Å²) in [6, 6.07) is 7.27. The monoisotopic (exact) mass is 453 g/mol. The second-order valence-corrected chi connectivity index (χ2v) is 9.17. The lowest BCUT2D eigenvalue weighted by Crippen LogP contribution is -2.40. The van der Waals surface area contributed by atoms with Gasteiger partial charge in [0, 0.05) is 37.6 Å². The average molecular weight is 454 g/mol. The van der Waals surface area contributed by atoms with Gasteiger partial charge < -0.3 is 15.0 Å². The molecule has 1 amide bonds. The summed E-state index contributed by atoms with van der Waals surface area (Å²) in [4.78, 5) is 23.7. The molecule has 2 fully saturated rings. The number of amides is 1. The summed E-state index contributed by atoms with van der Waals surface area (Å²) >= 11 is 6.08. The van der Waals surface area contributed by atoms with Gasteiger partial charge >= 0.3 is 0 Å². The van der Waals surface area contributed by atoms with Gasteiger partial charge in [0.2, 0.25) is 5.95 Å².